The molecule has 2 aromatic rings. The number of carbonyl (C=O) groups is 3. The number of hydrogen-bond acceptors (Lipinski definition) is 7. The molecular formula is C25H29N3O6. The molecule has 34 heavy (non-hydrogen) atoms. The third kappa shape index (κ3) is 4.90. The van der Waals surface area contributed by atoms with Crippen LogP contribution in [-0.2, 0) is 23.9 Å². The van der Waals surface area contributed by atoms with Gasteiger partial charge in [0.25, 0.3) is 0 Å². The summed E-state index contributed by atoms with van der Waals surface area (Å²) in [5.41, 5.74) is 4.51. The van der Waals surface area contributed by atoms with Crippen LogP contribution in [0, 0.1) is 0 Å². The highest BCUT2D eigenvalue weighted by Crippen LogP contribution is 2.44. The maximum atomic E-state index is 12.6. The number of amides is 2. The van der Waals surface area contributed by atoms with Crippen LogP contribution in [0.1, 0.15) is 37.3 Å². The fourth-order valence-electron chi connectivity index (χ4n) is 4.36. The van der Waals surface area contributed by atoms with Gasteiger partial charge >= 0.3 is 12.1 Å². The maximum Gasteiger partial charge on any atom is 0.407 e. The molecule has 1 fully saturated rings. The van der Waals surface area contributed by atoms with Crippen molar-refractivity contribution in [2.75, 3.05) is 20.3 Å². The van der Waals surface area contributed by atoms with Gasteiger partial charge in [0.15, 0.2) is 6.10 Å². The number of benzene rings is 2. The maximum absolute atomic E-state index is 12.6. The Balaban J connectivity index is 1.29. The average molecular weight is 468 g/mol. The summed E-state index contributed by atoms with van der Waals surface area (Å²) >= 11 is 0. The Hall–Kier alpha value is -3.43. The van der Waals surface area contributed by atoms with E-state index in [-0.39, 0.29) is 25.6 Å². The van der Waals surface area contributed by atoms with Crippen LogP contribution in [0.15, 0.2) is 48.5 Å². The van der Waals surface area contributed by atoms with E-state index in [2.05, 4.69) is 22.8 Å². The molecule has 180 valence electrons. The van der Waals surface area contributed by atoms with Gasteiger partial charge in [-0.3, -0.25) is 9.63 Å². The topological polar surface area (TPSA) is 106 Å². The number of ether oxygens (including phenoxy) is 2. The molecule has 4 rings (SSSR count). The molecule has 2 amide bonds. The van der Waals surface area contributed by atoms with Gasteiger partial charge in [-0.05, 0) is 36.1 Å². The number of hydroxylamine groups is 2. The molecule has 0 unspecified atom stereocenters. The average Bonchev–Trinajstić information content (AvgIpc) is 3.35. The van der Waals surface area contributed by atoms with Crippen molar-refractivity contribution in [3.8, 4) is 11.1 Å². The lowest BCUT2D eigenvalue weighted by Gasteiger charge is -2.21. The van der Waals surface area contributed by atoms with Crippen LogP contribution in [0.5, 0.6) is 0 Å². The van der Waals surface area contributed by atoms with Gasteiger partial charge in [-0.2, -0.15) is 5.06 Å². The SMILES string of the molecule is CCOC(=O)[C@H]1C[C@@H](NC(=O)[C@H](C)NC(=O)OCC2c3ccccc3-c3ccccc32)N(C)O1. The van der Waals surface area contributed by atoms with Crippen molar-refractivity contribution in [3.63, 3.8) is 0 Å². The van der Waals surface area contributed by atoms with Crippen molar-refractivity contribution in [3.05, 3.63) is 59.7 Å². The second-order valence-electron chi connectivity index (χ2n) is 8.34. The highest BCUT2D eigenvalue weighted by atomic mass is 16.7. The zero-order chi connectivity index (χ0) is 24.2. The largest absolute Gasteiger partial charge is 0.464 e. The van der Waals surface area contributed by atoms with Gasteiger partial charge in [-0.15, -0.1) is 0 Å². The number of nitrogens with zero attached hydrogens (tertiary/aromatic N) is 1. The Bertz CT molecular complexity index is 1030. The first kappa shape index (κ1) is 23.7. The molecule has 0 saturated carbocycles. The second kappa shape index (κ2) is 10.2. The molecule has 1 aliphatic carbocycles. The molecule has 2 aliphatic rings. The van der Waals surface area contributed by atoms with Crippen LogP contribution in [0.3, 0.4) is 0 Å². The molecule has 9 heteroatoms. The van der Waals surface area contributed by atoms with E-state index < -0.39 is 36.3 Å². The Morgan fingerprint density at radius 3 is 2.29 bits per heavy atom. The van der Waals surface area contributed by atoms with Crippen molar-refractivity contribution in [1.82, 2.24) is 15.7 Å². The van der Waals surface area contributed by atoms with E-state index in [0.717, 1.165) is 22.3 Å². The summed E-state index contributed by atoms with van der Waals surface area (Å²) in [7, 11) is 1.62. The van der Waals surface area contributed by atoms with E-state index in [1.54, 1.807) is 20.9 Å². The summed E-state index contributed by atoms with van der Waals surface area (Å²) in [6, 6.07) is 15.3. The first-order valence-corrected chi connectivity index (χ1v) is 11.4. The molecule has 0 bridgehead atoms. The van der Waals surface area contributed by atoms with Crippen LogP contribution in [0.4, 0.5) is 4.79 Å². The molecule has 1 aliphatic heterocycles. The van der Waals surface area contributed by atoms with Gasteiger partial charge in [-0.25, -0.2) is 9.59 Å². The van der Waals surface area contributed by atoms with Crippen molar-refractivity contribution in [1.29, 1.82) is 0 Å². The highest BCUT2D eigenvalue weighted by Gasteiger charge is 2.38. The summed E-state index contributed by atoms with van der Waals surface area (Å²) in [6.45, 7) is 3.69. The summed E-state index contributed by atoms with van der Waals surface area (Å²) in [6.07, 6.45) is -1.72. The number of carbonyl (C=O) groups excluding carboxylic acids is 3. The zero-order valence-electron chi connectivity index (χ0n) is 19.4. The number of rotatable bonds is 7. The fraction of sp³-hybridized carbons (Fsp3) is 0.400. The minimum absolute atomic E-state index is 0.0635. The Morgan fingerprint density at radius 2 is 1.68 bits per heavy atom. The van der Waals surface area contributed by atoms with E-state index >= 15 is 0 Å². The summed E-state index contributed by atoms with van der Waals surface area (Å²) < 4.78 is 10.5. The van der Waals surface area contributed by atoms with Crippen LogP contribution < -0.4 is 10.6 Å². The zero-order valence-corrected chi connectivity index (χ0v) is 19.4. The van der Waals surface area contributed by atoms with Crippen molar-refractivity contribution in [2.24, 2.45) is 0 Å². The molecule has 0 radical (unpaired) electrons. The molecular weight excluding hydrogens is 438 g/mol. The van der Waals surface area contributed by atoms with Gasteiger partial charge in [0.2, 0.25) is 5.91 Å². The molecule has 3 atom stereocenters. The predicted octanol–water partition coefficient (Wildman–Crippen LogP) is 2.55. The van der Waals surface area contributed by atoms with E-state index in [0.29, 0.717) is 0 Å². The first-order valence-electron chi connectivity index (χ1n) is 11.4. The van der Waals surface area contributed by atoms with E-state index in [4.69, 9.17) is 14.3 Å². The van der Waals surface area contributed by atoms with Crippen molar-refractivity contribution < 1.29 is 28.7 Å². The van der Waals surface area contributed by atoms with Crippen LogP contribution in [-0.4, -0.2) is 61.6 Å². The quantitative estimate of drug-likeness (QED) is 0.603. The molecule has 2 N–H and O–H groups in total. The lowest BCUT2D eigenvalue weighted by atomic mass is 9.98. The second-order valence-corrected chi connectivity index (χ2v) is 8.34. The molecule has 1 heterocycles. The van der Waals surface area contributed by atoms with Gasteiger partial charge < -0.3 is 20.1 Å². The lowest BCUT2D eigenvalue weighted by molar-refractivity contribution is -0.182. The van der Waals surface area contributed by atoms with Crippen LogP contribution >= 0.6 is 0 Å². The lowest BCUT2D eigenvalue weighted by Crippen LogP contribution is -2.51. The number of esters is 1. The standard InChI is InChI=1S/C25H29N3O6/c1-4-32-24(30)21-13-22(28(3)34-21)27-23(29)15(2)26-25(31)33-14-20-18-11-7-5-9-16(18)17-10-6-8-12-19(17)20/h5-12,15,20-22H,4,13-14H2,1-3H3,(H,26,31)(H,27,29)/t15-,21+,22-/m0/s1. The molecule has 1 saturated heterocycles. The number of alkyl carbamates (subject to hydrolysis) is 1. The van der Waals surface area contributed by atoms with Gasteiger partial charge in [-0.1, -0.05) is 48.5 Å². The first-order chi connectivity index (χ1) is 16.4. The van der Waals surface area contributed by atoms with Crippen molar-refractivity contribution >= 4 is 18.0 Å². The van der Waals surface area contributed by atoms with Gasteiger partial charge in [0.05, 0.1) is 6.61 Å². The van der Waals surface area contributed by atoms with E-state index in [9.17, 15) is 14.4 Å². The van der Waals surface area contributed by atoms with Gasteiger partial charge in [0.1, 0.15) is 18.8 Å². The minimum Gasteiger partial charge on any atom is -0.464 e. The van der Waals surface area contributed by atoms with Crippen molar-refractivity contribution in [2.45, 2.75) is 44.5 Å². The number of fused-ring (bicyclic) bond motifs is 3. The summed E-state index contributed by atoms with van der Waals surface area (Å²) in [5, 5.41) is 6.74. The van der Waals surface area contributed by atoms with E-state index in [1.807, 2.05) is 36.4 Å². The third-order valence-corrected chi connectivity index (χ3v) is 6.10. The van der Waals surface area contributed by atoms with E-state index in [1.165, 1.54) is 5.06 Å². The van der Waals surface area contributed by atoms with Crippen LogP contribution in [0.2, 0.25) is 0 Å². The Kier molecular flexibility index (Phi) is 7.14. The number of nitrogens with one attached hydrogen (secondary N) is 2. The third-order valence-electron chi connectivity index (χ3n) is 6.10. The van der Waals surface area contributed by atoms with Crippen LogP contribution in [0.25, 0.3) is 11.1 Å². The smallest absolute Gasteiger partial charge is 0.407 e. The predicted molar refractivity (Wildman–Crippen MR) is 123 cm³/mol. The number of hydrogen-bond donors (Lipinski definition) is 2. The summed E-state index contributed by atoms with van der Waals surface area (Å²) in [5.74, 6) is -0.958. The minimum atomic E-state index is -0.842. The normalized spacial score (nSPS) is 20.2. The fourth-order valence-corrected chi connectivity index (χ4v) is 4.36. The molecule has 0 aromatic heterocycles. The Labute approximate surface area is 198 Å². The molecule has 2 aromatic carbocycles. The molecule has 9 nitrogen and oxygen atoms in total. The summed E-state index contributed by atoms with van der Waals surface area (Å²) in [4.78, 5) is 42.3. The van der Waals surface area contributed by atoms with Gasteiger partial charge in [0, 0.05) is 19.4 Å². The highest BCUT2D eigenvalue weighted by molar-refractivity contribution is 5.85. The Morgan fingerprint density at radius 1 is 1.06 bits per heavy atom. The molecule has 0 spiro atoms. The monoisotopic (exact) mass is 467 g/mol.